The molecule has 5 heteroatoms. The van der Waals surface area contributed by atoms with E-state index in [1.807, 2.05) is 29.9 Å². The van der Waals surface area contributed by atoms with E-state index in [-0.39, 0.29) is 30.4 Å². The highest BCUT2D eigenvalue weighted by Crippen LogP contribution is 2.27. The van der Waals surface area contributed by atoms with Gasteiger partial charge in [-0.15, -0.1) is 0 Å². The summed E-state index contributed by atoms with van der Waals surface area (Å²) < 4.78 is 1.81. The van der Waals surface area contributed by atoms with Crippen LogP contribution in [0.25, 0.3) is 0 Å². The maximum Gasteiger partial charge on any atom is 0.271 e. The molecule has 1 saturated heterocycles. The Morgan fingerprint density at radius 2 is 2.16 bits per heavy atom. The summed E-state index contributed by atoms with van der Waals surface area (Å²) in [6, 6.07) is 3.97. The van der Waals surface area contributed by atoms with E-state index < -0.39 is 0 Å². The summed E-state index contributed by atoms with van der Waals surface area (Å²) >= 11 is 0. The van der Waals surface area contributed by atoms with E-state index in [0.29, 0.717) is 5.69 Å². The third-order valence-corrected chi connectivity index (χ3v) is 4.21. The van der Waals surface area contributed by atoms with Crippen LogP contribution in [-0.2, 0) is 11.8 Å². The number of nitrogens with zero attached hydrogens (tertiary/aromatic N) is 2. The van der Waals surface area contributed by atoms with E-state index in [9.17, 15) is 9.59 Å². The second-order valence-electron chi connectivity index (χ2n) is 5.46. The first-order valence-corrected chi connectivity index (χ1v) is 6.88. The molecule has 2 aliphatic rings. The highest BCUT2D eigenvalue weighted by atomic mass is 16.2. The molecule has 0 aromatic carbocycles. The Kier molecular flexibility index (Phi) is 3.05. The van der Waals surface area contributed by atoms with Crippen LogP contribution in [0.2, 0.25) is 0 Å². The number of rotatable bonds is 1. The molecule has 1 N–H and O–H groups in total. The van der Waals surface area contributed by atoms with Crippen molar-refractivity contribution in [1.29, 1.82) is 0 Å². The number of hydrogen-bond donors (Lipinski definition) is 1. The summed E-state index contributed by atoms with van der Waals surface area (Å²) in [5.41, 5.74) is 0.652. The molecule has 19 heavy (non-hydrogen) atoms. The molecule has 1 aromatic rings. The van der Waals surface area contributed by atoms with Gasteiger partial charge in [-0.25, -0.2) is 0 Å². The van der Waals surface area contributed by atoms with Gasteiger partial charge < -0.3 is 14.8 Å². The summed E-state index contributed by atoms with van der Waals surface area (Å²) in [5.74, 6) is -0.0649. The number of carbonyl (C=O) groups excluding carboxylic acids is 2. The van der Waals surface area contributed by atoms with E-state index in [1.165, 1.54) is 0 Å². The van der Waals surface area contributed by atoms with Gasteiger partial charge in [-0.2, -0.15) is 0 Å². The molecule has 2 fully saturated rings. The molecule has 102 valence electrons. The number of hydrogen-bond acceptors (Lipinski definition) is 2. The van der Waals surface area contributed by atoms with Gasteiger partial charge in [-0.3, -0.25) is 9.59 Å². The van der Waals surface area contributed by atoms with Gasteiger partial charge in [-0.05, 0) is 25.0 Å². The number of piperazine rings is 1. The number of fused-ring (bicyclic) bond motifs is 1. The van der Waals surface area contributed by atoms with Gasteiger partial charge in [0.1, 0.15) is 12.2 Å². The van der Waals surface area contributed by atoms with E-state index in [2.05, 4.69) is 5.32 Å². The van der Waals surface area contributed by atoms with Crippen molar-refractivity contribution in [3.63, 3.8) is 0 Å². The third-order valence-electron chi connectivity index (χ3n) is 4.21. The van der Waals surface area contributed by atoms with Crippen LogP contribution in [-0.4, -0.2) is 39.9 Å². The fourth-order valence-corrected chi connectivity index (χ4v) is 3.23. The molecule has 2 amide bonds. The van der Waals surface area contributed by atoms with Crippen molar-refractivity contribution in [2.45, 2.75) is 37.8 Å². The molecule has 2 heterocycles. The number of nitrogens with one attached hydrogen (secondary N) is 1. The van der Waals surface area contributed by atoms with Crippen molar-refractivity contribution >= 4 is 11.8 Å². The molecule has 0 bridgehead atoms. The Balaban J connectivity index is 1.87. The lowest BCUT2D eigenvalue weighted by Crippen LogP contribution is -2.63. The highest BCUT2D eigenvalue weighted by molar-refractivity contribution is 5.96. The highest BCUT2D eigenvalue weighted by Gasteiger charge is 2.39. The number of aromatic nitrogens is 1. The second kappa shape index (κ2) is 4.72. The van der Waals surface area contributed by atoms with Gasteiger partial charge in [0.2, 0.25) is 5.91 Å². The maximum absolute atomic E-state index is 12.6. The smallest absolute Gasteiger partial charge is 0.271 e. The quantitative estimate of drug-likeness (QED) is 0.817. The van der Waals surface area contributed by atoms with Gasteiger partial charge in [0.25, 0.3) is 5.91 Å². The molecule has 0 unspecified atom stereocenters. The molecule has 0 radical (unpaired) electrons. The van der Waals surface area contributed by atoms with Gasteiger partial charge in [0, 0.05) is 19.3 Å². The van der Waals surface area contributed by atoms with E-state index in [0.717, 1.165) is 25.7 Å². The molecule has 1 aromatic heterocycles. The van der Waals surface area contributed by atoms with E-state index >= 15 is 0 Å². The van der Waals surface area contributed by atoms with Crippen molar-refractivity contribution in [3.05, 3.63) is 24.0 Å². The van der Waals surface area contributed by atoms with Crippen LogP contribution in [0.4, 0.5) is 0 Å². The topological polar surface area (TPSA) is 54.3 Å². The largest absolute Gasteiger partial charge is 0.350 e. The molecule has 1 aliphatic carbocycles. The third kappa shape index (κ3) is 2.13. The molecule has 0 spiro atoms. The summed E-state index contributed by atoms with van der Waals surface area (Å²) in [6.07, 6.45) is 6.09. The lowest BCUT2D eigenvalue weighted by molar-refractivity contribution is -0.127. The lowest BCUT2D eigenvalue weighted by atomic mass is 9.87. The van der Waals surface area contributed by atoms with Crippen LogP contribution in [0, 0.1) is 0 Å². The van der Waals surface area contributed by atoms with Crippen molar-refractivity contribution in [3.8, 4) is 0 Å². The van der Waals surface area contributed by atoms with E-state index in [4.69, 9.17) is 0 Å². The summed E-state index contributed by atoms with van der Waals surface area (Å²) in [5, 5.41) is 3.02. The van der Waals surface area contributed by atoms with Crippen molar-refractivity contribution in [1.82, 2.24) is 14.8 Å². The Bertz CT molecular complexity index is 509. The minimum absolute atomic E-state index is 0.0285. The molecule has 1 aliphatic heterocycles. The van der Waals surface area contributed by atoms with Gasteiger partial charge in [0.05, 0.1) is 6.04 Å². The molecular weight excluding hydrogens is 242 g/mol. The van der Waals surface area contributed by atoms with Crippen molar-refractivity contribution < 1.29 is 9.59 Å². The van der Waals surface area contributed by atoms with Gasteiger partial charge in [0.15, 0.2) is 0 Å². The fourth-order valence-electron chi connectivity index (χ4n) is 3.23. The van der Waals surface area contributed by atoms with Crippen LogP contribution in [0.15, 0.2) is 18.3 Å². The Morgan fingerprint density at radius 3 is 2.89 bits per heavy atom. The SMILES string of the molecule is Cn1cccc1C(=O)N1CC(=O)N[C@@H]2CCCC[C@H]21. The minimum atomic E-state index is -0.0364. The standard InChI is InChI=1S/C14H19N3O2/c1-16-8-4-7-12(16)14(19)17-9-13(18)15-10-5-2-3-6-11(10)17/h4,7-8,10-11H,2-3,5-6,9H2,1H3,(H,15,18)/t10-,11-/m1/s1. The van der Waals surface area contributed by atoms with E-state index in [1.54, 1.807) is 4.90 Å². The first-order valence-electron chi connectivity index (χ1n) is 6.88. The van der Waals surface area contributed by atoms with Crippen molar-refractivity contribution in [2.75, 3.05) is 6.54 Å². The maximum atomic E-state index is 12.6. The van der Waals surface area contributed by atoms with Crippen LogP contribution in [0.5, 0.6) is 0 Å². The van der Waals surface area contributed by atoms with Crippen LogP contribution < -0.4 is 5.32 Å². The monoisotopic (exact) mass is 261 g/mol. The van der Waals surface area contributed by atoms with Crippen LogP contribution in [0.3, 0.4) is 0 Å². The minimum Gasteiger partial charge on any atom is -0.350 e. The Hall–Kier alpha value is -1.78. The zero-order valence-corrected chi connectivity index (χ0v) is 11.1. The average molecular weight is 261 g/mol. The van der Waals surface area contributed by atoms with Gasteiger partial charge >= 0.3 is 0 Å². The number of amides is 2. The van der Waals surface area contributed by atoms with Crippen LogP contribution in [0.1, 0.15) is 36.2 Å². The predicted octanol–water partition coefficient (Wildman–Crippen LogP) is 0.908. The summed E-state index contributed by atoms with van der Waals surface area (Å²) in [6.45, 7) is 0.186. The Morgan fingerprint density at radius 1 is 1.37 bits per heavy atom. The normalized spacial score (nSPS) is 26.8. The summed E-state index contributed by atoms with van der Waals surface area (Å²) in [7, 11) is 1.86. The lowest BCUT2D eigenvalue weighted by Gasteiger charge is -2.43. The molecule has 1 saturated carbocycles. The first kappa shape index (κ1) is 12.3. The van der Waals surface area contributed by atoms with Crippen LogP contribution >= 0.6 is 0 Å². The Labute approximate surface area is 112 Å². The predicted molar refractivity (Wildman–Crippen MR) is 70.6 cm³/mol. The average Bonchev–Trinajstić information content (AvgIpc) is 2.83. The second-order valence-corrected chi connectivity index (χ2v) is 5.46. The van der Waals surface area contributed by atoms with Crippen molar-refractivity contribution in [2.24, 2.45) is 7.05 Å². The number of carbonyl (C=O) groups is 2. The fraction of sp³-hybridized carbons (Fsp3) is 0.571. The molecule has 5 nitrogen and oxygen atoms in total. The number of aryl methyl sites for hydroxylation is 1. The molecule has 3 rings (SSSR count). The summed E-state index contributed by atoms with van der Waals surface area (Å²) in [4.78, 5) is 26.1. The molecular formula is C14H19N3O2. The molecule has 2 atom stereocenters. The zero-order chi connectivity index (χ0) is 13.4. The zero-order valence-electron chi connectivity index (χ0n) is 11.1. The van der Waals surface area contributed by atoms with Gasteiger partial charge in [-0.1, -0.05) is 12.8 Å². The first-order chi connectivity index (χ1) is 9.16.